The van der Waals surface area contributed by atoms with Crippen LogP contribution in [0.1, 0.15) is 17.0 Å². The quantitative estimate of drug-likeness (QED) is 0.817. The van der Waals surface area contributed by atoms with Crippen molar-refractivity contribution in [1.82, 2.24) is 0 Å². The van der Waals surface area contributed by atoms with Crippen LogP contribution in [-0.4, -0.2) is 29.6 Å². The third kappa shape index (κ3) is 2.64. The molecule has 2 aliphatic heterocycles. The maximum Gasteiger partial charge on any atom is 0.338 e. The monoisotopic (exact) mass is 360 g/mol. The van der Waals surface area contributed by atoms with Crippen molar-refractivity contribution in [3.63, 3.8) is 0 Å². The molecule has 2 aromatic rings. The Hall–Kier alpha value is -2.86. The summed E-state index contributed by atoms with van der Waals surface area (Å²) in [6.45, 7) is -0.136. The average Bonchev–Trinajstić information content (AvgIpc) is 3.17. The number of phenolic OH excluding ortho intramolecular Hbond substituents is 1. The lowest BCUT2D eigenvalue weighted by Crippen LogP contribution is -2.12. The maximum absolute atomic E-state index is 12.2. The summed E-state index contributed by atoms with van der Waals surface area (Å²) in [6.07, 6.45) is 0. The normalized spacial score (nSPS) is 16.9. The lowest BCUT2D eigenvalue weighted by atomic mass is 9.84. The SMILES string of the molecule is O=C1OCC(O)=C1C(c1ccc(Cl)cc1)c1cc2c(cc1O)OCO2. The molecule has 4 rings (SSSR count). The highest BCUT2D eigenvalue weighted by Crippen LogP contribution is 2.45. The van der Waals surface area contributed by atoms with Crippen molar-refractivity contribution in [2.24, 2.45) is 0 Å². The number of aromatic hydroxyl groups is 1. The van der Waals surface area contributed by atoms with E-state index in [0.717, 1.165) is 0 Å². The van der Waals surface area contributed by atoms with E-state index in [9.17, 15) is 15.0 Å². The van der Waals surface area contributed by atoms with Crippen molar-refractivity contribution < 1.29 is 29.2 Å². The highest BCUT2D eigenvalue weighted by molar-refractivity contribution is 6.30. The number of benzene rings is 2. The lowest BCUT2D eigenvalue weighted by Gasteiger charge is -2.19. The van der Waals surface area contributed by atoms with Gasteiger partial charge < -0.3 is 24.4 Å². The summed E-state index contributed by atoms with van der Waals surface area (Å²) >= 11 is 5.95. The van der Waals surface area contributed by atoms with Crippen LogP contribution in [0.5, 0.6) is 17.2 Å². The molecule has 6 nitrogen and oxygen atoms in total. The molecule has 0 bridgehead atoms. The predicted molar refractivity (Wildman–Crippen MR) is 88.1 cm³/mol. The number of rotatable bonds is 3. The minimum atomic E-state index is -0.734. The van der Waals surface area contributed by atoms with E-state index in [-0.39, 0.29) is 30.5 Å². The molecule has 2 aromatic carbocycles. The first-order valence-electron chi connectivity index (χ1n) is 7.51. The van der Waals surface area contributed by atoms with Gasteiger partial charge >= 0.3 is 5.97 Å². The Kier molecular flexibility index (Phi) is 3.69. The summed E-state index contributed by atoms with van der Waals surface area (Å²) < 4.78 is 15.5. The second-order valence-corrected chi connectivity index (χ2v) is 6.12. The van der Waals surface area contributed by atoms with E-state index in [4.69, 9.17) is 25.8 Å². The van der Waals surface area contributed by atoms with Crippen LogP contribution in [0.2, 0.25) is 5.02 Å². The highest BCUT2D eigenvalue weighted by Gasteiger charge is 2.36. The van der Waals surface area contributed by atoms with Gasteiger partial charge in [0.15, 0.2) is 11.5 Å². The van der Waals surface area contributed by atoms with Crippen molar-refractivity contribution in [3.8, 4) is 17.2 Å². The average molecular weight is 361 g/mol. The number of ether oxygens (including phenoxy) is 3. The van der Waals surface area contributed by atoms with Crippen molar-refractivity contribution in [1.29, 1.82) is 0 Å². The first-order valence-corrected chi connectivity index (χ1v) is 7.89. The second kappa shape index (κ2) is 5.89. The summed E-state index contributed by atoms with van der Waals surface area (Å²) in [6, 6.07) is 9.82. The van der Waals surface area contributed by atoms with Crippen molar-refractivity contribution >= 4 is 17.6 Å². The van der Waals surface area contributed by atoms with Crippen LogP contribution in [0.25, 0.3) is 0 Å². The van der Waals surface area contributed by atoms with E-state index in [1.54, 1.807) is 30.3 Å². The van der Waals surface area contributed by atoms with Gasteiger partial charge in [0.05, 0.1) is 5.57 Å². The molecular weight excluding hydrogens is 348 g/mol. The van der Waals surface area contributed by atoms with Gasteiger partial charge in [-0.15, -0.1) is 0 Å². The number of halogens is 1. The van der Waals surface area contributed by atoms with Gasteiger partial charge in [-0.05, 0) is 23.8 Å². The van der Waals surface area contributed by atoms with Gasteiger partial charge in [0.1, 0.15) is 18.1 Å². The van der Waals surface area contributed by atoms with Crippen LogP contribution in [0, 0.1) is 0 Å². The van der Waals surface area contributed by atoms with Crippen LogP contribution >= 0.6 is 11.6 Å². The topological polar surface area (TPSA) is 85.2 Å². The summed E-state index contributed by atoms with van der Waals surface area (Å²) in [5, 5.41) is 21.2. The molecule has 0 amide bonds. The van der Waals surface area contributed by atoms with Crippen LogP contribution < -0.4 is 9.47 Å². The number of carbonyl (C=O) groups is 1. The standard InChI is InChI=1S/C18H13ClO6/c19-10-3-1-9(2-4-10)16(17-13(21)7-23-18(17)22)11-5-14-15(6-12(11)20)25-8-24-14/h1-6,16,20-21H,7-8H2. The van der Waals surface area contributed by atoms with Gasteiger partial charge in [0.25, 0.3) is 0 Å². The zero-order chi connectivity index (χ0) is 17.6. The molecule has 0 saturated heterocycles. The maximum atomic E-state index is 12.2. The molecule has 25 heavy (non-hydrogen) atoms. The molecule has 0 spiro atoms. The summed E-state index contributed by atoms with van der Waals surface area (Å²) in [4.78, 5) is 12.2. The first-order chi connectivity index (χ1) is 12.0. The molecule has 0 fully saturated rings. The smallest absolute Gasteiger partial charge is 0.338 e. The molecule has 2 aliphatic rings. The lowest BCUT2D eigenvalue weighted by molar-refractivity contribution is -0.136. The number of hydrogen-bond donors (Lipinski definition) is 2. The Morgan fingerprint density at radius 3 is 2.32 bits per heavy atom. The molecular formula is C18H13ClO6. The molecule has 0 saturated carbocycles. The van der Waals surface area contributed by atoms with Gasteiger partial charge in [0.2, 0.25) is 6.79 Å². The summed E-state index contributed by atoms with van der Waals surface area (Å²) in [7, 11) is 0. The van der Waals surface area contributed by atoms with E-state index >= 15 is 0 Å². The molecule has 1 atom stereocenters. The zero-order valence-corrected chi connectivity index (χ0v) is 13.6. The molecule has 0 aliphatic carbocycles. The van der Waals surface area contributed by atoms with E-state index in [2.05, 4.69) is 0 Å². The summed E-state index contributed by atoms with van der Waals surface area (Å²) in [5.74, 6) is -0.732. The predicted octanol–water partition coefficient (Wildman–Crippen LogP) is 3.28. The zero-order valence-electron chi connectivity index (χ0n) is 12.9. The van der Waals surface area contributed by atoms with Crippen LogP contribution in [0.15, 0.2) is 47.7 Å². The van der Waals surface area contributed by atoms with Crippen molar-refractivity contribution in [3.05, 3.63) is 63.9 Å². The molecule has 7 heteroatoms. The van der Waals surface area contributed by atoms with E-state index < -0.39 is 11.9 Å². The highest BCUT2D eigenvalue weighted by atomic mass is 35.5. The third-order valence-electron chi connectivity index (χ3n) is 4.20. The fourth-order valence-corrected chi connectivity index (χ4v) is 3.15. The number of hydrogen-bond acceptors (Lipinski definition) is 6. The molecule has 1 unspecified atom stereocenters. The van der Waals surface area contributed by atoms with Crippen molar-refractivity contribution in [2.75, 3.05) is 13.4 Å². The van der Waals surface area contributed by atoms with Crippen LogP contribution in [0.3, 0.4) is 0 Å². The van der Waals surface area contributed by atoms with E-state index in [1.165, 1.54) is 6.07 Å². The fraction of sp³-hybridized carbons (Fsp3) is 0.167. The fourth-order valence-electron chi connectivity index (χ4n) is 3.03. The second-order valence-electron chi connectivity index (χ2n) is 5.69. The van der Waals surface area contributed by atoms with Crippen LogP contribution in [-0.2, 0) is 9.53 Å². The number of carbonyl (C=O) groups excluding carboxylic acids is 1. The van der Waals surface area contributed by atoms with E-state index in [0.29, 0.717) is 27.6 Å². The Labute approximate surface area is 147 Å². The number of esters is 1. The number of phenols is 1. The van der Waals surface area contributed by atoms with Gasteiger partial charge in [-0.1, -0.05) is 23.7 Å². The summed E-state index contributed by atoms with van der Waals surface area (Å²) in [5.41, 5.74) is 1.14. The first kappa shape index (κ1) is 15.7. The van der Waals surface area contributed by atoms with E-state index in [1.807, 2.05) is 0 Å². The Morgan fingerprint density at radius 1 is 1.00 bits per heavy atom. The van der Waals surface area contributed by atoms with Gasteiger partial charge in [-0.25, -0.2) is 4.79 Å². The van der Waals surface area contributed by atoms with Crippen LogP contribution in [0.4, 0.5) is 0 Å². The number of aliphatic hydroxyl groups excluding tert-OH is 1. The van der Waals surface area contributed by atoms with Gasteiger partial charge in [-0.2, -0.15) is 0 Å². The Morgan fingerprint density at radius 2 is 1.68 bits per heavy atom. The largest absolute Gasteiger partial charge is 0.508 e. The number of fused-ring (bicyclic) bond motifs is 1. The molecule has 0 aromatic heterocycles. The third-order valence-corrected chi connectivity index (χ3v) is 4.45. The van der Waals surface area contributed by atoms with Crippen molar-refractivity contribution in [2.45, 2.75) is 5.92 Å². The number of cyclic esters (lactones) is 1. The Balaban J connectivity index is 1.91. The molecule has 2 N–H and O–H groups in total. The molecule has 128 valence electrons. The molecule has 0 radical (unpaired) electrons. The minimum Gasteiger partial charge on any atom is -0.508 e. The van der Waals surface area contributed by atoms with Gasteiger partial charge in [0, 0.05) is 22.6 Å². The minimum absolute atomic E-state index is 0.0554. The Bertz CT molecular complexity index is 887. The van der Waals surface area contributed by atoms with Gasteiger partial charge in [-0.3, -0.25) is 0 Å². The molecule has 2 heterocycles. The number of aliphatic hydroxyl groups is 1.